The molecule has 0 bridgehead atoms. The monoisotopic (exact) mass is 172 g/mol. The van der Waals surface area contributed by atoms with Crippen molar-refractivity contribution in [2.45, 2.75) is 32.1 Å². The Hall–Kier alpha value is -0.430. The molecule has 1 aromatic rings. The molecule has 0 spiro atoms. The Kier molecular flexibility index (Phi) is 2.28. The summed E-state index contributed by atoms with van der Waals surface area (Å²) in [6, 6.07) is 1.92. The van der Waals surface area contributed by atoms with E-state index in [4.69, 9.17) is 16.0 Å². The highest BCUT2D eigenvalue weighted by atomic mass is 35.5. The van der Waals surface area contributed by atoms with Gasteiger partial charge in [-0.25, -0.2) is 0 Å². The van der Waals surface area contributed by atoms with Crippen molar-refractivity contribution in [2.75, 3.05) is 0 Å². The molecular weight excluding hydrogens is 160 g/mol. The van der Waals surface area contributed by atoms with Crippen LogP contribution >= 0.6 is 11.6 Å². The van der Waals surface area contributed by atoms with Crippen LogP contribution in [0.25, 0.3) is 0 Å². The van der Waals surface area contributed by atoms with Gasteiger partial charge in [0, 0.05) is 11.0 Å². The molecule has 0 unspecified atom stereocenters. The van der Waals surface area contributed by atoms with E-state index >= 15 is 0 Å². The SMILES string of the molecule is CC(C)(C)c1occc1CCl. The molecule has 0 aliphatic carbocycles. The zero-order valence-corrected chi connectivity index (χ0v) is 7.90. The Morgan fingerprint density at radius 2 is 2.09 bits per heavy atom. The Morgan fingerprint density at radius 1 is 1.45 bits per heavy atom. The van der Waals surface area contributed by atoms with Crippen molar-refractivity contribution < 1.29 is 4.42 Å². The van der Waals surface area contributed by atoms with E-state index < -0.39 is 0 Å². The topological polar surface area (TPSA) is 13.1 Å². The molecule has 1 aromatic heterocycles. The molecule has 0 aliphatic heterocycles. The number of halogens is 1. The molecule has 0 N–H and O–H groups in total. The lowest BCUT2D eigenvalue weighted by molar-refractivity contribution is 0.406. The Balaban J connectivity index is 3.02. The summed E-state index contributed by atoms with van der Waals surface area (Å²) in [5.41, 5.74) is 1.16. The molecule has 2 heteroatoms. The van der Waals surface area contributed by atoms with E-state index in [0.29, 0.717) is 5.88 Å². The molecule has 0 saturated heterocycles. The number of rotatable bonds is 1. The average Bonchev–Trinajstić information content (AvgIpc) is 2.31. The van der Waals surface area contributed by atoms with Gasteiger partial charge in [-0.2, -0.15) is 0 Å². The lowest BCUT2D eigenvalue weighted by Gasteiger charge is -2.16. The predicted octanol–water partition coefficient (Wildman–Crippen LogP) is 3.32. The van der Waals surface area contributed by atoms with Crippen LogP contribution < -0.4 is 0 Å². The fourth-order valence-corrected chi connectivity index (χ4v) is 1.31. The van der Waals surface area contributed by atoms with Gasteiger partial charge in [-0.3, -0.25) is 0 Å². The lowest BCUT2D eigenvalue weighted by Crippen LogP contribution is -2.11. The second kappa shape index (κ2) is 2.90. The van der Waals surface area contributed by atoms with Crippen molar-refractivity contribution in [1.29, 1.82) is 0 Å². The molecule has 0 amide bonds. The normalized spacial score (nSPS) is 12.0. The molecule has 0 atom stereocenters. The van der Waals surface area contributed by atoms with Gasteiger partial charge in [0.2, 0.25) is 0 Å². The lowest BCUT2D eigenvalue weighted by atomic mass is 9.91. The van der Waals surface area contributed by atoms with Gasteiger partial charge in [0.15, 0.2) is 0 Å². The standard InChI is InChI=1S/C9H13ClO/c1-9(2,3)8-7(6-10)4-5-11-8/h4-5H,6H2,1-3H3. The third-order valence-corrected chi connectivity index (χ3v) is 1.86. The number of hydrogen-bond donors (Lipinski definition) is 0. The summed E-state index contributed by atoms with van der Waals surface area (Å²) in [5.74, 6) is 1.52. The summed E-state index contributed by atoms with van der Waals surface area (Å²) in [6.07, 6.45) is 1.69. The van der Waals surface area contributed by atoms with Gasteiger partial charge < -0.3 is 4.42 Å². The van der Waals surface area contributed by atoms with Crippen LogP contribution in [0.5, 0.6) is 0 Å². The van der Waals surface area contributed by atoms with Crippen molar-refractivity contribution in [1.82, 2.24) is 0 Å². The largest absolute Gasteiger partial charge is 0.468 e. The summed E-state index contributed by atoms with van der Waals surface area (Å²) in [5, 5.41) is 0. The minimum atomic E-state index is 0.0632. The minimum absolute atomic E-state index is 0.0632. The maximum atomic E-state index is 5.72. The van der Waals surface area contributed by atoms with Gasteiger partial charge in [0.05, 0.1) is 12.1 Å². The fourth-order valence-electron chi connectivity index (χ4n) is 1.10. The van der Waals surface area contributed by atoms with Crippen LogP contribution in [-0.2, 0) is 11.3 Å². The highest BCUT2D eigenvalue weighted by Crippen LogP contribution is 2.27. The van der Waals surface area contributed by atoms with Crippen LogP contribution in [0.1, 0.15) is 32.1 Å². The summed E-state index contributed by atoms with van der Waals surface area (Å²) in [6.45, 7) is 6.34. The summed E-state index contributed by atoms with van der Waals surface area (Å²) >= 11 is 5.72. The van der Waals surface area contributed by atoms with Gasteiger partial charge in [-0.05, 0) is 6.07 Å². The first-order valence-corrected chi connectivity index (χ1v) is 4.22. The van der Waals surface area contributed by atoms with Crippen LogP contribution in [0, 0.1) is 0 Å². The van der Waals surface area contributed by atoms with Gasteiger partial charge in [0.25, 0.3) is 0 Å². The average molecular weight is 173 g/mol. The first kappa shape index (κ1) is 8.66. The summed E-state index contributed by atoms with van der Waals surface area (Å²) in [4.78, 5) is 0. The highest BCUT2D eigenvalue weighted by Gasteiger charge is 2.20. The third kappa shape index (κ3) is 1.78. The number of alkyl halides is 1. The number of hydrogen-bond acceptors (Lipinski definition) is 1. The quantitative estimate of drug-likeness (QED) is 0.593. The second-order valence-electron chi connectivity index (χ2n) is 3.66. The fraction of sp³-hybridized carbons (Fsp3) is 0.556. The van der Waals surface area contributed by atoms with Crippen LogP contribution in [-0.4, -0.2) is 0 Å². The Bertz CT molecular complexity index is 232. The van der Waals surface area contributed by atoms with Crippen molar-refractivity contribution in [3.05, 3.63) is 23.7 Å². The molecule has 62 valence electrons. The molecule has 1 rings (SSSR count). The maximum Gasteiger partial charge on any atom is 0.113 e. The zero-order valence-electron chi connectivity index (χ0n) is 7.15. The first-order chi connectivity index (χ1) is 5.05. The van der Waals surface area contributed by atoms with Crippen LogP contribution in [0.15, 0.2) is 16.7 Å². The van der Waals surface area contributed by atoms with Gasteiger partial charge in [-0.15, -0.1) is 11.6 Å². The van der Waals surface area contributed by atoms with E-state index in [1.54, 1.807) is 6.26 Å². The Morgan fingerprint density at radius 3 is 2.45 bits per heavy atom. The number of furan rings is 1. The van der Waals surface area contributed by atoms with Gasteiger partial charge >= 0.3 is 0 Å². The van der Waals surface area contributed by atoms with E-state index in [-0.39, 0.29) is 5.41 Å². The zero-order chi connectivity index (χ0) is 8.48. The molecule has 1 nitrogen and oxygen atoms in total. The predicted molar refractivity (Wildman–Crippen MR) is 47.0 cm³/mol. The molecule has 0 fully saturated rings. The maximum absolute atomic E-state index is 5.72. The van der Waals surface area contributed by atoms with E-state index in [0.717, 1.165) is 11.3 Å². The van der Waals surface area contributed by atoms with Crippen LogP contribution in [0.2, 0.25) is 0 Å². The minimum Gasteiger partial charge on any atom is -0.468 e. The molecule has 1 heterocycles. The second-order valence-corrected chi connectivity index (χ2v) is 3.93. The van der Waals surface area contributed by atoms with E-state index in [2.05, 4.69) is 20.8 Å². The van der Waals surface area contributed by atoms with E-state index in [1.807, 2.05) is 6.07 Å². The van der Waals surface area contributed by atoms with Crippen molar-refractivity contribution in [3.63, 3.8) is 0 Å². The van der Waals surface area contributed by atoms with Crippen LogP contribution in [0.3, 0.4) is 0 Å². The first-order valence-electron chi connectivity index (χ1n) is 3.68. The summed E-state index contributed by atoms with van der Waals surface area (Å²) in [7, 11) is 0. The molecule has 11 heavy (non-hydrogen) atoms. The third-order valence-electron chi connectivity index (χ3n) is 1.57. The Labute approximate surface area is 72.4 Å². The van der Waals surface area contributed by atoms with Gasteiger partial charge in [-0.1, -0.05) is 20.8 Å². The molecular formula is C9H13ClO. The molecule has 0 aromatic carbocycles. The van der Waals surface area contributed by atoms with Crippen molar-refractivity contribution in [3.8, 4) is 0 Å². The van der Waals surface area contributed by atoms with Gasteiger partial charge in [0.1, 0.15) is 5.76 Å². The summed E-state index contributed by atoms with van der Waals surface area (Å²) < 4.78 is 5.34. The van der Waals surface area contributed by atoms with E-state index in [1.165, 1.54) is 0 Å². The van der Waals surface area contributed by atoms with E-state index in [9.17, 15) is 0 Å². The van der Waals surface area contributed by atoms with Crippen molar-refractivity contribution in [2.24, 2.45) is 0 Å². The smallest absolute Gasteiger partial charge is 0.113 e. The highest BCUT2D eigenvalue weighted by molar-refractivity contribution is 6.17. The molecule has 0 saturated carbocycles. The van der Waals surface area contributed by atoms with Crippen LogP contribution in [0.4, 0.5) is 0 Å². The molecule has 0 aliphatic rings. The van der Waals surface area contributed by atoms with Crippen molar-refractivity contribution >= 4 is 11.6 Å². The molecule has 0 radical (unpaired) electrons.